The SMILES string of the molecule is COc1ccccc1NC1=CC(=NS(=O)(=O)c2c(C)cc(C)cc2C)c2ccccc2C1=O. The number of benzene rings is 3. The molecule has 1 aliphatic carbocycles. The number of sulfonamides is 1. The van der Waals surface area contributed by atoms with Gasteiger partial charge in [-0.05, 0) is 50.1 Å². The monoisotopic (exact) mass is 460 g/mol. The minimum atomic E-state index is -4.03. The molecule has 6 nitrogen and oxygen atoms in total. The summed E-state index contributed by atoms with van der Waals surface area (Å²) in [5.41, 5.74) is 4.09. The second-order valence-corrected chi connectivity index (χ2v) is 9.48. The van der Waals surface area contributed by atoms with E-state index in [4.69, 9.17) is 4.74 Å². The van der Waals surface area contributed by atoms with Crippen LogP contribution in [0.4, 0.5) is 5.69 Å². The number of hydrogen-bond acceptors (Lipinski definition) is 5. The number of anilines is 1. The number of methoxy groups -OCH3 is 1. The Kier molecular flexibility index (Phi) is 5.91. The highest BCUT2D eigenvalue weighted by atomic mass is 32.2. The number of rotatable bonds is 5. The Morgan fingerprint density at radius 2 is 1.48 bits per heavy atom. The third kappa shape index (κ3) is 4.32. The van der Waals surface area contributed by atoms with Crippen molar-refractivity contribution in [2.75, 3.05) is 12.4 Å². The maximum Gasteiger partial charge on any atom is 0.283 e. The number of fused-ring (bicyclic) bond motifs is 1. The molecule has 0 unspecified atom stereocenters. The van der Waals surface area contributed by atoms with Crippen molar-refractivity contribution in [2.45, 2.75) is 25.7 Å². The highest BCUT2D eigenvalue weighted by Gasteiger charge is 2.27. The summed E-state index contributed by atoms with van der Waals surface area (Å²) in [5.74, 6) is 0.303. The van der Waals surface area contributed by atoms with E-state index in [0.717, 1.165) is 5.56 Å². The van der Waals surface area contributed by atoms with E-state index in [2.05, 4.69) is 9.71 Å². The number of para-hydroxylation sites is 2. The van der Waals surface area contributed by atoms with Crippen molar-refractivity contribution in [1.82, 2.24) is 0 Å². The summed E-state index contributed by atoms with van der Waals surface area (Å²) in [6.45, 7) is 5.44. The van der Waals surface area contributed by atoms with E-state index in [-0.39, 0.29) is 22.1 Å². The van der Waals surface area contributed by atoms with Crippen LogP contribution in [0.5, 0.6) is 5.75 Å². The first kappa shape index (κ1) is 22.5. The lowest BCUT2D eigenvalue weighted by atomic mass is 9.92. The zero-order chi connectivity index (χ0) is 23.8. The molecule has 3 aromatic rings. The lowest BCUT2D eigenvalue weighted by Crippen LogP contribution is -2.23. The highest BCUT2D eigenvalue weighted by molar-refractivity contribution is 7.90. The first-order chi connectivity index (χ1) is 15.7. The fourth-order valence-corrected chi connectivity index (χ4v) is 5.57. The molecule has 0 aromatic heterocycles. The molecule has 0 saturated carbocycles. The molecule has 0 heterocycles. The van der Waals surface area contributed by atoms with Crippen molar-refractivity contribution in [2.24, 2.45) is 4.40 Å². The number of hydrogen-bond donors (Lipinski definition) is 1. The van der Waals surface area contributed by atoms with Crippen LogP contribution in [-0.4, -0.2) is 27.0 Å². The molecule has 0 fully saturated rings. The van der Waals surface area contributed by atoms with Crippen molar-refractivity contribution >= 4 is 27.2 Å². The van der Waals surface area contributed by atoms with Gasteiger partial charge in [-0.2, -0.15) is 12.8 Å². The van der Waals surface area contributed by atoms with Crippen LogP contribution in [0.2, 0.25) is 0 Å². The average molecular weight is 461 g/mol. The van der Waals surface area contributed by atoms with E-state index in [9.17, 15) is 13.2 Å². The second kappa shape index (κ2) is 8.67. The number of Topliss-reactive ketones (excluding diaryl/α,β-unsaturated/α-hetero) is 1. The van der Waals surface area contributed by atoms with E-state index in [1.807, 2.05) is 31.2 Å². The fourth-order valence-electron chi connectivity index (χ4n) is 4.14. The Morgan fingerprint density at radius 1 is 0.879 bits per heavy atom. The summed E-state index contributed by atoms with van der Waals surface area (Å²) in [7, 11) is -2.49. The first-order valence-corrected chi connectivity index (χ1v) is 11.8. The summed E-state index contributed by atoms with van der Waals surface area (Å²) in [4.78, 5) is 13.4. The zero-order valence-electron chi connectivity index (χ0n) is 18.8. The van der Waals surface area contributed by atoms with Gasteiger partial charge in [0.2, 0.25) is 5.78 Å². The zero-order valence-corrected chi connectivity index (χ0v) is 19.7. The predicted molar refractivity (Wildman–Crippen MR) is 130 cm³/mol. The Hall–Kier alpha value is -3.71. The number of ether oxygens (including phenoxy) is 1. The van der Waals surface area contributed by atoms with Crippen LogP contribution in [-0.2, 0) is 10.0 Å². The number of aryl methyl sites for hydroxylation is 3. The second-order valence-electron chi connectivity index (χ2n) is 7.94. The standard InChI is InChI=1S/C26H24N2O4S/c1-16-13-17(2)26(18(3)14-16)33(30,31)28-22-15-23(25(29)20-10-6-5-9-19(20)22)27-21-11-7-8-12-24(21)32-4/h5-15,27H,1-4H3. The quantitative estimate of drug-likeness (QED) is 0.580. The smallest absolute Gasteiger partial charge is 0.283 e. The summed E-state index contributed by atoms with van der Waals surface area (Å²) in [6, 6.07) is 17.7. The van der Waals surface area contributed by atoms with E-state index in [1.165, 1.54) is 6.08 Å². The lowest BCUT2D eigenvalue weighted by molar-refractivity contribution is 0.103. The van der Waals surface area contributed by atoms with Crippen molar-refractivity contribution < 1.29 is 17.9 Å². The van der Waals surface area contributed by atoms with Crippen molar-refractivity contribution in [1.29, 1.82) is 0 Å². The maximum absolute atomic E-state index is 13.4. The van der Waals surface area contributed by atoms with Gasteiger partial charge in [-0.1, -0.05) is 54.1 Å². The molecule has 0 saturated heterocycles. The molecule has 0 radical (unpaired) electrons. The molecule has 0 bridgehead atoms. The van der Waals surface area contributed by atoms with Crippen LogP contribution in [0.15, 0.2) is 81.7 Å². The summed E-state index contributed by atoms with van der Waals surface area (Å²) < 4.78 is 36.3. The van der Waals surface area contributed by atoms with E-state index in [0.29, 0.717) is 33.7 Å². The van der Waals surface area contributed by atoms with Gasteiger partial charge in [-0.3, -0.25) is 4.79 Å². The summed E-state index contributed by atoms with van der Waals surface area (Å²) in [5, 5.41) is 3.09. The van der Waals surface area contributed by atoms with E-state index in [1.54, 1.807) is 57.4 Å². The molecular weight excluding hydrogens is 436 g/mol. The van der Waals surface area contributed by atoms with Gasteiger partial charge < -0.3 is 10.1 Å². The van der Waals surface area contributed by atoms with Crippen LogP contribution in [0.25, 0.3) is 0 Å². The third-order valence-corrected chi connectivity index (χ3v) is 7.03. The summed E-state index contributed by atoms with van der Waals surface area (Å²) in [6.07, 6.45) is 1.48. The third-order valence-electron chi connectivity index (χ3n) is 5.43. The van der Waals surface area contributed by atoms with Gasteiger partial charge in [-0.25, -0.2) is 0 Å². The van der Waals surface area contributed by atoms with Crippen LogP contribution >= 0.6 is 0 Å². The summed E-state index contributed by atoms with van der Waals surface area (Å²) >= 11 is 0. The molecule has 0 aliphatic heterocycles. The Labute approximate surface area is 193 Å². The molecule has 1 N–H and O–H groups in total. The number of nitrogens with zero attached hydrogens (tertiary/aromatic N) is 1. The maximum atomic E-state index is 13.4. The van der Waals surface area contributed by atoms with Gasteiger partial charge in [0, 0.05) is 11.1 Å². The van der Waals surface area contributed by atoms with Crippen LogP contribution < -0.4 is 10.1 Å². The molecule has 1 aliphatic rings. The Balaban J connectivity index is 1.87. The van der Waals surface area contributed by atoms with Crippen LogP contribution in [0.3, 0.4) is 0 Å². The van der Waals surface area contributed by atoms with Crippen LogP contribution in [0.1, 0.15) is 32.6 Å². The minimum absolute atomic E-state index is 0.183. The van der Waals surface area contributed by atoms with Gasteiger partial charge in [0.15, 0.2) is 0 Å². The normalized spacial score (nSPS) is 14.6. The van der Waals surface area contributed by atoms with Gasteiger partial charge in [0.25, 0.3) is 10.0 Å². The largest absolute Gasteiger partial charge is 0.495 e. The number of nitrogens with one attached hydrogen (secondary N) is 1. The van der Waals surface area contributed by atoms with E-state index < -0.39 is 10.0 Å². The first-order valence-electron chi connectivity index (χ1n) is 10.4. The van der Waals surface area contributed by atoms with Gasteiger partial charge >= 0.3 is 0 Å². The molecule has 168 valence electrons. The molecular formula is C26H24N2O4S. The van der Waals surface area contributed by atoms with Gasteiger partial charge in [0.1, 0.15) is 5.75 Å². The Bertz CT molecular complexity index is 1410. The molecule has 0 amide bonds. The molecule has 3 aromatic carbocycles. The number of ketones is 1. The fraction of sp³-hybridized carbons (Fsp3) is 0.154. The average Bonchev–Trinajstić information content (AvgIpc) is 2.76. The highest BCUT2D eigenvalue weighted by Crippen LogP contribution is 2.30. The number of allylic oxidation sites excluding steroid dienone is 2. The van der Waals surface area contributed by atoms with Crippen LogP contribution in [0, 0.1) is 20.8 Å². The van der Waals surface area contributed by atoms with Crippen molar-refractivity contribution in [3.63, 3.8) is 0 Å². The van der Waals surface area contributed by atoms with Crippen molar-refractivity contribution in [3.8, 4) is 5.75 Å². The topological polar surface area (TPSA) is 84.8 Å². The Morgan fingerprint density at radius 3 is 2.15 bits per heavy atom. The van der Waals surface area contributed by atoms with Gasteiger partial charge in [-0.15, -0.1) is 0 Å². The molecule has 4 rings (SSSR count). The predicted octanol–water partition coefficient (Wildman–Crippen LogP) is 4.99. The molecule has 33 heavy (non-hydrogen) atoms. The van der Waals surface area contributed by atoms with Gasteiger partial charge in [0.05, 0.1) is 29.1 Å². The molecule has 0 spiro atoms. The molecule has 0 atom stereocenters. The van der Waals surface area contributed by atoms with E-state index >= 15 is 0 Å². The molecule has 7 heteroatoms. The minimum Gasteiger partial charge on any atom is -0.495 e. The van der Waals surface area contributed by atoms with Crippen molar-refractivity contribution in [3.05, 3.63) is 100 Å². The number of carbonyl (C=O) groups is 1. The lowest BCUT2D eigenvalue weighted by Gasteiger charge is -2.20. The number of carbonyl (C=O) groups excluding carboxylic acids is 1.